The molecule has 23 heavy (non-hydrogen) atoms. The van der Waals surface area contributed by atoms with Gasteiger partial charge in [0.25, 0.3) is 0 Å². The molecule has 3 heterocycles. The van der Waals surface area contributed by atoms with E-state index in [0.717, 1.165) is 31.1 Å². The van der Waals surface area contributed by atoms with Crippen LogP contribution in [0.4, 0.5) is 5.82 Å². The third-order valence-electron chi connectivity index (χ3n) is 3.93. The molecule has 0 aliphatic rings. The van der Waals surface area contributed by atoms with Crippen LogP contribution in [0.25, 0.3) is 22.1 Å². The van der Waals surface area contributed by atoms with E-state index in [0.29, 0.717) is 5.52 Å². The van der Waals surface area contributed by atoms with Crippen LogP contribution in [0.15, 0.2) is 42.9 Å². The summed E-state index contributed by atoms with van der Waals surface area (Å²) >= 11 is 0. The Morgan fingerprint density at radius 2 is 2.04 bits per heavy atom. The van der Waals surface area contributed by atoms with Gasteiger partial charge in [0.05, 0.1) is 0 Å². The molecule has 0 atom stereocenters. The normalized spacial score (nSPS) is 11.3. The van der Waals surface area contributed by atoms with Crippen molar-refractivity contribution in [2.75, 3.05) is 11.9 Å². The zero-order valence-electron chi connectivity index (χ0n) is 12.8. The van der Waals surface area contributed by atoms with Crippen molar-refractivity contribution in [2.45, 2.75) is 20.0 Å². The summed E-state index contributed by atoms with van der Waals surface area (Å²) < 4.78 is 3.99. The molecule has 4 rings (SSSR count). The molecule has 0 saturated carbocycles. The lowest BCUT2D eigenvalue weighted by Gasteiger charge is -2.08. The lowest BCUT2D eigenvalue weighted by molar-refractivity contribution is 0.641. The van der Waals surface area contributed by atoms with Crippen LogP contribution < -0.4 is 5.32 Å². The molecule has 0 radical (unpaired) electrons. The van der Waals surface area contributed by atoms with Gasteiger partial charge in [-0.2, -0.15) is 0 Å². The lowest BCUT2D eigenvalue weighted by atomic mass is 10.2. The Bertz CT molecular complexity index is 953. The Labute approximate surface area is 133 Å². The average Bonchev–Trinajstić information content (AvgIpc) is 3.19. The number of rotatable bonds is 5. The highest BCUT2D eigenvalue weighted by atomic mass is 15.4. The highest BCUT2D eigenvalue weighted by molar-refractivity contribution is 5.82. The van der Waals surface area contributed by atoms with E-state index >= 15 is 0 Å². The smallest absolute Gasteiger partial charge is 0.183 e. The van der Waals surface area contributed by atoms with Gasteiger partial charge in [-0.05, 0) is 24.4 Å². The van der Waals surface area contributed by atoms with Gasteiger partial charge in [-0.25, -0.2) is 14.6 Å². The van der Waals surface area contributed by atoms with Gasteiger partial charge in [0.15, 0.2) is 17.0 Å². The summed E-state index contributed by atoms with van der Waals surface area (Å²) in [6.45, 7) is 4.35. The first-order valence-corrected chi connectivity index (χ1v) is 7.69. The summed E-state index contributed by atoms with van der Waals surface area (Å²) in [5, 5.41) is 12.9. The molecule has 116 valence electrons. The third kappa shape index (κ3) is 2.40. The molecule has 0 aliphatic heterocycles. The minimum Gasteiger partial charge on any atom is -0.366 e. The Hall–Kier alpha value is -2.96. The van der Waals surface area contributed by atoms with Gasteiger partial charge in [-0.3, -0.25) is 0 Å². The van der Waals surface area contributed by atoms with Crippen molar-refractivity contribution in [1.29, 1.82) is 0 Å². The Morgan fingerprint density at radius 3 is 2.96 bits per heavy atom. The van der Waals surface area contributed by atoms with E-state index in [9.17, 15) is 0 Å². The fraction of sp³-hybridized carbons (Fsp3) is 0.250. The maximum Gasteiger partial charge on any atom is 0.183 e. The van der Waals surface area contributed by atoms with Gasteiger partial charge in [0.1, 0.15) is 6.33 Å². The SMILES string of the molecule is CCn1nnc2c(NCCn3ccc4ccccc43)ncnc21. The zero-order valence-corrected chi connectivity index (χ0v) is 12.8. The molecule has 0 fully saturated rings. The van der Waals surface area contributed by atoms with E-state index in [1.165, 1.54) is 10.9 Å². The Kier molecular flexibility index (Phi) is 3.38. The molecule has 4 aromatic rings. The molecular formula is C16H17N7. The number of hydrogen-bond acceptors (Lipinski definition) is 5. The number of fused-ring (bicyclic) bond motifs is 2. The van der Waals surface area contributed by atoms with E-state index in [1.54, 1.807) is 11.0 Å². The molecule has 0 aliphatic carbocycles. The minimum absolute atomic E-state index is 0.715. The summed E-state index contributed by atoms with van der Waals surface area (Å²) in [6.07, 6.45) is 3.65. The van der Waals surface area contributed by atoms with Crippen molar-refractivity contribution in [3.63, 3.8) is 0 Å². The molecule has 0 saturated heterocycles. The number of nitrogens with one attached hydrogen (secondary N) is 1. The first-order valence-electron chi connectivity index (χ1n) is 7.69. The molecular weight excluding hydrogens is 290 g/mol. The van der Waals surface area contributed by atoms with Crippen LogP contribution in [0.2, 0.25) is 0 Å². The maximum absolute atomic E-state index is 4.29. The molecule has 7 heteroatoms. The molecule has 3 aromatic heterocycles. The van der Waals surface area contributed by atoms with Gasteiger partial charge in [0, 0.05) is 31.3 Å². The van der Waals surface area contributed by atoms with Crippen LogP contribution in [0.1, 0.15) is 6.92 Å². The number of hydrogen-bond donors (Lipinski definition) is 1. The number of aromatic nitrogens is 6. The monoisotopic (exact) mass is 307 g/mol. The molecule has 1 N–H and O–H groups in total. The van der Waals surface area contributed by atoms with Crippen molar-refractivity contribution >= 4 is 27.9 Å². The number of anilines is 1. The summed E-state index contributed by atoms with van der Waals surface area (Å²) in [7, 11) is 0. The van der Waals surface area contributed by atoms with Crippen LogP contribution >= 0.6 is 0 Å². The number of nitrogens with zero attached hydrogens (tertiary/aromatic N) is 6. The number of para-hydroxylation sites is 1. The van der Waals surface area contributed by atoms with Crippen LogP contribution in [-0.4, -0.2) is 36.1 Å². The van der Waals surface area contributed by atoms with Crippen molar-refractivity contribution < 1.29 is 0 Å². The fourth-order valence-electron chi connectivity index (χ4n) is 2.76. The summed E-state index contributed by atoms with van der Waals surface area (Å²) in [4.78, 5) is 8.54. The largest absolute Gasteiger partial charge is 0.366 e. The highest BCUT2D eigenvalue weighted by Crippen LogP contribution is 2.17. The second-order valence-corrected chi connectivity index (χ2v) is 5.29. The second-order valence-electron chi connectivity index (χ2n) is 5.29. The number of benzene rings is 1. The summed E-state index contributed by atoms with van der Waals surface area (Å²) in [5.41, 5.74) is 2.71. The van der Waals surface area contributed by atoms with E-state index in [4.69, 9.17) is 0 Å². The predicted molar refractivity (Wildman–Crippen MR) is 89.2 cm³/mol. The molecule has 0 bridgehead atoms. The first-order chi connectivity index (χ1) is 11.4. The van der Waals surface area contributed by atoms with E-state index in [-0.39, 0.29) is 0 Å². The molecule has 7 nitrogen and oxygen atoms in total. The standard InChI is InChI=1S/C16H17N7/c1-2-23-16-14(20-21-23)15(18-11-19-16)17-8-10-22-9-7-12-5-3-4-6-13(12)22/h3-7,9,11H,2,8,10H2,1H3,(H,17,18,19). The lowest BCUT2D eigenvalue weighted by Crippen LogP contribution is -2.11. The van der Waals surface area contributed by atoms with Crippen molar-refractivity contribution in [2.24, 2.45) is 0 Å². The van der Waals surface area contributed by atoms with Crippen molar-refractivity contribution in [3.8, 4) is 0 Å². The van der Waals surface area contributed by atoms with E-state index < -0.39 is 0 Å². The Morgan fingerprint density at radius 1 is 1.13 bits per heavy atom. The fourth-order valence-corrected chi connectivity index (χ4v) is 2.76. The van der Waals surface area contributed by atoms with Crippen molar-refractivity contribution in [1.82, 2.24) is 29.5 Å². The van der Waals surface area contributed by atoms with Crippen LogP contribution in [0.5, 0.6) is 0 Å². The molecule has 0 unspecified atom stereocenters. The third-order valence-corrected chi connectivity index (χ3v) is 3.93. The molecule has 0 spiro atoms. The number of aryl methyl sites for hydroxylation is 1. The zero-order chi connectivity index (χ0) is 15.6. The summed E-state index contributed by atoms with van der Waals surface area (Å²) in [6, 6.07) is 10.5. The molecule has 0 amide bonds. The van der Waals surface area contributed by atoms with Gasteiger partial charge in [-0.1, -0.05) is 23.4 Å². The van der Waals surface area contributed by atoms with E-state index in [2.05, 4.69) is 66.7 Å². The van der Waals surface area contributed by atoms with Crippen LogP contribution in [0, 0.1) is 0 Å². The highest BCUT2D eigenvalue weighted by Gasteiger charge is 2.10. The average molecular weight is 307 g/mol. The van der Waals surface area contributed by atoms with Crippen LogP contribution in [-0.2, 0) is 13.1 Å². The van der Waals surface area contributed by atoms with Gasteiger partial charge in [0.2, 0.25) is 0 Å². The van der Waals surface area contributed by atoms with Gasteiger partial charge in [-0.15, -0.1) is 5.10 Å². The predicted octanol–water partition coefficient (Wildman–Crippen LogP) is 2.31. The maximum atomic E-state index is 4.29. The Balaban J connectivity index is 1.52. The minimum atomic E-state index is 0.715. The van der Waals surface area contributed by atoms with Crippen LogP contribution in [0.3, 0.4) is 0 Å². The topological polar surface area (TPSA) is 73.5 Å². The van der Waals surface area contributed by atoms with Gasteiger partial charge >= 0.3 is 0 Å². The quantitative estimate of drug-likeness (QED) is 0.612. The van der Waals surface area contributed by atoms with E-state index in [1.807, 2.05) is 6.92 Å². The van der Waals surface area contributed by atoms with Crippen molar-refractivity contribution in [3.05, 3.63) is 42.9 Å². The van der Waals surface area contributed by atoms with Gasteiger partial charge < -0.3 is 9.88 Å². The first kappa shape index (κ1) is 13.7. The second kappa shape index (κ2) is 5.68. The summed E-state index contributed by atoms with van der Waals surface area (Å²) in [5.74, 6) is 0.728. The molecule has 1 aromatic carbocycles.